The maximum absolute atomic E-state index is 12.2. The maximum Gasteiger partial charge on any atom is 0.184 e. The number of rotatable bonds is 1. The van der Waals surface area contributed by atoms with Gasteiger partial charge in [0.05, 0.1) is 6.61 Å². The zero-order chi connectivity index (χ0) is 11.8. The number of aliphatic hydroxyl groups excluding tert-OH is 1. The van der Waals surface area contributed by atoms with E-state index in [0.717, 1.165) is 30.4 Å². The van der Waals surface area contributed by atoms with Crippen LogP contribution in [-0.2, 0) is 4.79 Å². The van der Waals surface area contributed by atoms with Crippen molar-refractivity contribution in [3.63, 3.8) is 0 Å². The number of hydrogen-bond donors (Lipinski definition) is 1. The predicted octanol–water partition coefficient (Wildman–Crippen LogP) is 2.63. The average molecular weight is 220 g/mol. The predicted molar refractivity (Wildman–Crippen MR) is 64.0 cm³/mol. The number of allylic oxidation sites excluding steroid dienone is 3. The quantitative estimate of drug-likeness (QED) is 0.690. The molecule has 0 radical (unpaired) electrons. The van der Waals surface area contributed by atoms with Gasteiger partial charge >= 0.3 is 0 Å². The van der Waals surface area contributed by atoms with Crippen LogP contribution in [-0.4, -0.2) is 17.5 Å². The van der Waals surface area contributed by atoms with Crippen molar-refractivity contribution in [2.75, 3.05) is 6.61 Å². The molecule has 88 valence electrons. The summed E-state index contributed by atoms with van der Waals surface area (Å²) in [4.78, 5) is 12.2. The van der Waals surface area contributed by atoms with Crippen molar-refractivity contribution in [1.82, 2.24) is 0 Å². The molecule has 0 aromatic heterocycles. The Bertz CT molecular complexity index is 361. The van der Waals surface area contributed by atoms with Crippen molar-refractivity contribution >= 4 is 5.78 Å². The molecule has 2 aliphatic rings. The highest BCUT2D eigenvalue weighted by molar-refractivity contribution is 6.09. The molecule has 1 N–H and O–H groups in total. The van der Waals surface area contributed by atoms with E-state index < -0.39 is 0 Å². The second-order valence-electron chi connectivity index (χ2n) is 5.52. The van der Waals surface area contributed by atoms with Crippen LogP contribution >= 0.6 is 0 Å². The molecule has 1 saturated carbocycles. The highest BCUT2D eigenvalue weighted by Gasteiger charge is 2.40. The van der Waals surface area contributed by atoms with E-state index in [-0.39, 0.29) is 17.8 Å². The summed E-state index contributed by atoms with van der Waals surface area (Å²) in [7, 11) is 0. The van der Waals surface area contributed by atoms with Gasteiger partial charge in [-0.1, -0.05) is 26.0 Å². The molecule has 2 aliphatic carbocycles. The molecule has 16 heavy (non-hydrogen) atoms. The SMILES string of the molecule is CC1(C)CCC=C2C(=O)/C(=C/CO)CCC21. The van der Waals surface area contributed by atoms with Crippen molar-refractivity contribution in [3.05, 3.63) is 23.3 Å². The van der Waals surface area contributed by atoms with Crippen LogP contribution in [0, 0.1) is 11.3 Å². The van der Waals surface area contributed by atoms with Crippen LogP contribution in [0.2, 0.25) is 0 Å². The third kappa shape index (κ3) is 1.86. The Morgan fingerprint density at radius 1 is 1.56 bits per heavy atom. The van der Waals surface area contributed by atoms with E-state index in [1.165, 1.54) is 6.42 Å². The monoisotopic (exact) mass is 220 g/mol. The zero-order valence-corrected chi connectivity index (χ0v) is 10.1. The first kappa shape index (κ1) is 11.6. The van der Waals surface area contributed by atoms with E-state index in [9.17, 15) is 4.79 Å². The Morgan fingerprint density at radius 2 is 2.31 bits per heavy atom. The Labute approximate surface area is 97.0 Å². The summed E-state index contributed by atoms with van der Waals surface area (Å²) in [6, 6.07) is 0. The van der Waals surface area contributed by atoms with E-state index >= 15 is 0 Å². The lowest BCUT2D eigenvalue weighted by atomic mass is 9.62. The van der Waals surface area contributed by atoms with E-state index in [1.54, 1.807) is 6.08 Å². The fourth-order valence-corrected chi connectivity index (χ4v) is 3.04. The first-order chi connectivity index (χ1) is 7.56. The Hall–Kier alpha value is -0.890. The molecule has 0 amide bonds. The van der Waals surface area contributed by atoms with Gasteiger partial charge in [-0.25, -0.2) is 0 Å². The van der Waals surface area contributed by atoms with E-state index in [1.807, 2.05) is 0 Å². The standard InChI is InChI=1S/C14H20O2/c1-14(2)8-3-4-11-12(14)6-5-10(7-9-15)13(11)16/h4,7,12,15H,3,5-6,8-9H2,1-2H3/b10-7+. The Balaban J connectivity index is 2.30. The van der Waals surface area contributed by atoms with Crippen molar-refractivity contribution in [3.8, 4) is 0 Å². The van der Waals surface area contributed by atoms with Gasteiger partial charge in [0.15, 0.2) is 5.78 Å². The van der Waals surface area contributed by atoms with Crippen molar-refractivity contribution in [1.29, 1.82) is 0 Å². The van der Waals surface area contributed by atoms with Crippen LogP contribution in [0.1, 0.15) is 39.5 Å². The molecule has 0 heterocycles. The highest BCUT2D eigenvalue weighted by atomic mass is 16.2. The summed E-state index contributed by atoms with van der Waals surface area (Å²) in [6.45, 7) is 4.50. The van der Waals surface area contributed by atoms with Crippen LogP contribution in [0.4, 0.5) is 0 Å². The minimum Gasteiger partial charge on any atom is -0.392 e. The van der Waals surface area contributed by atoms with Gasteiger partial charge < -0.3 is 5.11 Å². The van der Waals surface area contributed by atoms with Gasteiger partial charge in [0.2, 0.25) is 0 Å². The lowest BCUT2D eigenvalue weighted by Gasteiger charge is -2.41. The minimum atomic E-state index is -0.0254. The van der Waals surface area contributed by atoms with Crippen LogP contribution in [0.5, 0.6) is 0 Å². The summed E-state index contributed by atoms with van der Waals surface area (Å²) in [6.07, 6.45) is 7.84. The largest absolute Gasteiger partial charge is 0.392 e. The molecule has 1 fully saturated rings. The first-order valence-corrected chi connectivity index (χ1v) is 6.11. The molecular formula is C14H20O2. The topological polar surface area (TPSA) is 37.3 Å². The molecule has 0 aromatic carbocycles. The Kier molecular flexibility index (Phi) is 3.02. The molecule has 1 unspecified atom stereocenters. The number of ketones is 1. The van der Waals surface area contributed by atoms with Gasteiger partial charge in [-0.2, -0.15) is 0 Å². The van der Waals surface area contributed by atoms with Crippen LogP contribution in [0.15, 0.2) is 23.3 Å². The van der Waals surface area contributed by atoms with Crippen LogP contribution < -0.4 is 0 Å². The normalized spacial score (nSPS) is 31.2. The number of fused-ring (bicyclic) bond motifs is 1. The van der Waals surface area contributed by atoms with Gasteiger partial charge in [0.1, 0.15) is 0 Å². The van der Waals surface area contributed by atoms with Gasteiger partial charge in [-0.3, -0.25) is 4.79 Å². The number of carbonyl (C=O) groups excluding carboxylic acids is 1. The summed E-state index contributed by atoms with van der Waals surface area (Å²) in [5.41, 5.74) is 2.06. The van der Waals surface area contributed by atoms with Gasteiger partial charge in [0, 0.05) is 0 Å². The second kappa shape index (κ2) is 4.17. The molecule has 0 aromatic rings. The van der Waals surface area contributed by atoms with Gasteiger partial charge in [-0.15, -0.1) is 0 Å². The molecule has 1 atom stereocenters. The van der Waals surface area contributed by atoms with Crippen molar-refractivity contribution < 1.29 is 9.90 Å². The molecule has 0 bridgehead atoms. The summed E-state index contributed by atoms with van der Waals surface area (Å²) in [5, 5.41) is 8.89. The summed E-state index contributed by atoms with van der Waals surface area (Å²) in [5.74, 6) is 0.600. The number of hydrogen-bond acceptors (Lipinski definition) is 2. The fourth-order valence-electron chi connectivity index (χ4n) is 3.04. The van der Waals surface area contributed by atoms with Crippen molar-refractivity contribution in [2.24, 2.45) is 11.3 Å². The second-order valence-corrected chi connectivity index (χ2v) is 5.52. The van der Waals surface area contributed by atoms with Gasteiger partial charge in [0.25, 0.3) is 0 Å². The number of carbonyl (C=O) groups is 1. The van der Waals surface area contributed by atoms with Crippen LogP contribution in [0.3, 0.4) is 0 Å². The molecule has 2 rings (SSSR count). The van der Waals surface area contributed by atoms with E-state index in [0.29, 0.717) is 5.92 Å². The number of aliphatic hydroxyl groups is 1. The van der Waals surface area contributed by atoms with E-state index in [2.05, 4.69) is 19.9 Å². The third-order valence-electron chi connectivity index (χ3n) is 4.07. The summed E-state index contributed by atoms with van der Waals surface area (Å²) >= 11 is 0. The summed E-state index contributed by atoms with van der Waals surface area (Å²) < 4.78 is 0. The lowest BCUT2D eigenvalue weighted by molar-refractivity contribution is -0.114. The Morgan fingerprint density at radius 3 is 3.00 bits per heavy atom. The molecule has 0 saturated heterocycles. The van der Waals surface area contributed by atoms with Gasteiger partial charge in [-0.05, 0) is 48.2 Å². The molecule has 2 nitrogen and oxygen atoms in total. The first-order valence-electron chi connectivity index (χ1n) is 6.11. The smallest absolute Gasteiger partial charge is 0.184 e. The number of Topliss-reactive ketones (excluding diaryl/α,β-unsaturated/α-hetero) is 1. The average Bonchev–Trinajstić information content (AvgIpc) is 2.22. The third-order valence-corrected chi connectivity index (χ3v) is 4.07. The fraction of sp³-hybridized carbons (Fsp3) is 0.643. The zero-order valence-electron chi connectivity index (χ0n) is 10.1. The van der Waals surface area contributed by atoms with Crippen molar-refractivity contribution in [2.45, 2.75) is 39.5 Å². The molecule has 0 aliphatic heterocycles. The minimum absolute atomic E-state index is 0.0254. The maximum atomic E-state index is 12.2. The molecular weight excluding hydrogens is 200 g/mol. The van der Waals surface area contributed by atoms with Crippen LogP contribution in [0.25, 0.3) is 0 Å². The highest BCUT2D eigenvalue weighted by Crippen LogP contribution is 2.47. The molecule has 0 spiro atoms. The lowest BCUT2D eigenvalue weighted by Crippen LogP contribution is -2.35. The van der Waals surface area contributed by atoms with E-state index in [4.69, 9.17) is 5.11 Å². The molecule has 2 heteroatoms.